The number of hydrogen-bond acceptors (Lipinski definition) is 6. The second-order valence-electron chi connectivity index (χ2n) is 6.76. The molecule has 158 valence electrons. The maximum Gasteiger partial charge on any atom is 0.260 e. The van der Waals surface area contributed by atoms with Gasteiger partial charge in [-0.3, -0.25) is 9.36 Å². The molecule has 0 bridgehead atoms. The van der Waals surface area contributed by atoms with Crippen LogP contribution in [0.5, 0.6) is 5.75 Å². The molecule has 2 heterocycles. The van der Waals surface area contributed by atoms with Gasteiger partial charge in [0.15, 0.2) is 11.0 Å². The van der Waals surface area contributed by atoms with Gasteiger partial charge in [0.2, 0.25) is 0 Å². The zero-order valence-corrected chi connectivity index (χ0v) is 17.5. The molecular weight excluding hydrogens is 422 g/mol. The lowest BCUT2D eigenvalue weighted by atomic mass is 10.0. The Morgan fingerprint density at radius 3 is 2.58 bits per heavy atom. The number of aromatic nitrogens is 3. The number of thioether (sulfide) groups is 1. The first-order chi connectivity index (χ1) is 14.9. The van der Waals surface area contributed by atoms with Gasteiger partial charge < -0.3 is 10.5 Å². The van der Waals surface area contributed by atoms with Crippen LogP contribution in [0.2, 0.25) is 0 Å². The molecule has 0 atom stereocenters. The third kappa shape index (κ3) is 3.84. The summed E-state index contributed by atoms with van der Waals surface area (Å²) >= 11 is 1.33. The second kappa shape index (κ2) is 8.35. The van der Waals surface area contributed by atoms with Gasteiger partial charge in [0.05, 0.1) is 30.5 Å². The third-order valence-corrected chi connectivity index (χ3v) is 5.44. The van der Waals surface area contributed by atoms with Crippen molar-refractivity contribution >= 4 is 28.5 Å². The first-order valence-electron chi connectivity index (χ1n) is 9.24. The monoisotopic (exact) mass is 440 g/mol. The number of nitrogens with two attached hydrogens (primary N) is 1. The van der Waals surface area contributed by atoms with E-state index in [0.29, 0.717) is 21.9 Å². The highest BCUT2D eigenvalue weighted by Gasteiger charge is 2.21. The fourth-order valence-electron chi connectivity index (χ4n) is 3.30. The summed E-state index contributed by atoms with van der Waals surface area (Å²) in [7, 11) is 1.56. The molecule has 2 aromatic carbocycles. The number of benzene rings is 2. The van der Waals surface area contributed by atoms with Gasteiger partial charge in [-0.25, -0.2) is 18.7 Å². The molecule has 4 aromatic rings. The van der Waals surface area contributed by atoms with E-state index >= 15 is 0 Å². The number of methoxy groups -OCH3 is 1. The van der Waals surface area contributed by atoms with E-state index in [1.807, 2.05) is 18.4 Å². The topological polar surface area (TPSA) is 83.0 Å². The molecule has 0 fully saturated rings. The molecule has 0 saturated carbocycles. The lowest BCUT2D eigenvalue weighted by Gasteiger charge is -2.14. The zero-order chi connectivity index (χ0) is 22.1. The van der Waals surface area contributed by atoms with Crippen LogP contribution in [0.1, 0.15) is 5.56 Å². The maximum atomic E-state index is 14.7. The highest BCUT2D eigenvalue weighted by atomic mass is 32.2. The summed E-state index contributed by atoms with van der Waals surface area (Å²) in [5.74, 6) is -1.18. The summed E-state index contributed by atoms with van der Waals surface area (Å²) in [5.41, 5.74) is 5.34. The quantitative estimate of drug-likeness (QED) is 0.286. The van der Waals surface area contributed by atoms with Crippen LogP contribution in [-0.2, 0) is 6.54 Å². The summed E-state index contributed by atoms with van der Waals surface area (Å²) in [6, 6.07) is 10.7. The normalized spacial score (nSPS) is 11.1. The van der Waals surface area contributed by atoms with Crippen LogP contribution in [0.3, 0.4) is 0 Å². The van der Waals surface area contributed by atoms with Crippen LogP contribution in [0.25, 0.3) is 22.2 Å². The summed E-state index contributed by atoms with van der Waals surface area (Å²) in [6.45, 7) is 0.142. The average Bonchev–Trinajstić information content (AvgIpc) is 2.79. The van der Waals surface area contributed by atoms with Crippen molar-refractivity contribution in [1.82, 2.24) is 14.5 Å². The Labute approximate surface area is 180 Å². The van der Waals surface area contributed by atoms with Crippen molar-refractivity contribution in [2.45, 2.75) is 11.7 Å². The number of ether oxygens (including phenoxy) is 1. The van der Waals surface area contributed by atoms with Crippen LogP contribution in [-0.4, -0.2) is 27.9 Å². The largest absolute Gasteiger partial charge is 0.497 e. The van der Waals surface area contributed by atoms with E-state index in [2.05, 4.69) is 9.97 Å². The maximum absolute atomic E-state index is 14.7. The molecule has 0 aliphatic rings. The number of halogens is 2. The fourth-order valence-corrected chi connectivity index (χ4v) is 3.63. The van der Waals surface area contributed by atoms with Crippen molar-refractivity contribution in [1.29, 1.82) is 0 Å². The standard InChI is InChI=1S/C22H18F2N4O2S/c1-30-14-5-3-12(4-6-14)11-28-20-13(10-26-22(27-20)31-2)9-15(21(28)29)18-16(23)7-8-17(25)19(18)24/h3-10H,11,25H2,1-2H3. The van der Waals surface area contributed by atoms with Gasteiger partial charge in [-0.15, -0.1) is 0 Å². The number of nitrogens with zero attached hydrogens (tertiary/aromatic N) is 3. The summed E-state index contributed by atoms with van der Waals surface area (Å²) in [4.78, 5) is 22.1. The van der Waals surface area contributed by atoms with Gasteiger partial charge in [-0.1, -0.05) is 23.9 Å². The van der Waals surface area contributed by atoms with Gasteiger partial charge in [0.25, 0.3) is 5.56 Å². The predicted octanol–water partition coefficient (Wildman–Crippen LogP) is 4.10. The molecule has 31 heavy (non-hydrogen) atoms. The van der Waals surface area contributed by atoms with Crippen LogP contribution < -0.4 is 16.0 Å². The minimum absolute atomic E-state index is 0.142. The van der Waals surface area contributed by atoms with Gasteiger partial charge in [-0.05, 0) is 42.2 Å². The number of hydrogen-bond donors (Lipinski definition) is 1. The smallest absolute Gasteiger partial charge is 0.260 e. The van der Waals surface area contributed by atoms with Crippen molar-refractivity contribution < 1.29 is 13.5 Å². The minimum Gasteiger partial charge on any atom is -0.497 e. The molecule has 0 amide bonds. The van der Waals surface area contributed by atoms with Crippen LogP contribution >= 0.6 is 11.8 Å². The highest BCUT2D eigenvalue weighted by molar-refractivity contribution is 7.98. The van der Waals surface area contributed by atoms with Crippen molar-refractivity contribution in [2.75, 3.05) is 19.1 Å². The molecule has 0 aliphatic carbocycles. The minimum atomic E-state index is -0.978. The van der Waals surface area contributed by atoms with Gasteiger partial charge in [-0.2, -0.15) is 0 Å². The summed E-state index contributed by atoms with van der Waals surface area (Å²) in [5, 5.41) is 0.951. The number of pyridine rings is 1. The lowest BCUT2D eigenvalue weighted by Crippen LogP contribution is -2.24. The molecule has 0 unspecified atom stereocenters. The van der Waals surface area contributed by atoms with E-state index in [0.717, 1.165) is 17.7 Å². The van der Waals surface area contributed by atoms with E-state index in [9.17, 15) is 13.6 Å². The Bertz CT molecular complexity index is 1340. The van der Waals surface area contributed by atoms with E-state index in [1.54, 1.807) is 19.2 Å². The zero-order valence-electron chi connectivity index (χ0n) is 16.7. The Balaban J connectivity index is 1.99. The molecule has 0 radical (unpaired) electrons. The lowest BCUT2D eigenvalue weighted by molar-refractivity contribution is 0.414. The van der Waals surface area contributed by atoms with Gasteiger partial charge >= 0.3 is 0 Å². The Morgan fingerprint density at radius 2 is 1.90 bits per heavy atom. The third-order valence-electron chi connectivity index (χ3n) is 4.88. The molecule has 4 rings (SSSR count). The molecule has 0 aliphatic heterocycles. The first-order valence-corrected chi connectivity index (χ1v) is 10.5. The summed E-state index contributed by atoms with van der Waals surface area (Å²) in [6.07, 6.45) is 3.35. The average molecular weight is 440 g/mol. The van der Waals surface area contributed by atoms with Gasteiger partial charge in [0, 0.05) is 11.6 Å². The van der Waals surface area contributed by atoms with Crippen LogP contribution in [0.4, 0.5) is 14.5 Å². The first kappa shape index (κ1) is 20.8. The second-order valence-corrected chi connectivity index (χ2v) is 7.53. The number of fused-ring (bicyclic) bond motifs is 1. The number of nitrogen functional groups attached to an aromatic ring is 1. The van der Waals surface area contributed by atoms with Gasteiger partial charge in [0.1, 0.15) is 17.2 Å². The summed E-state index contributed by atoms with van der Waals surface area (Å²) < 4.78 is 35.8. The molecule has 0 saturated heterocycles. The molecular formula is C22H18F2N4O2S. The Kier molecular flexibility index (Phi) is 5.60. The van der Waals surface area contributed by atoms with Crippen molar-refractivity contribution in [3.05, 3.63) is 76.2 Å². The Morgan fingerprint density at radius 1 is 1.16 bits per heavy atom. The van der Waals surface area contributed by atoms with E-state index in [-0.39, 0.29) is 17.8 Å². The van der Waals surface area contributed by atoms with Crippen molar-refractivity contribution in [3.63, 3.8) is 0 Å². The molecule has 0 spiro atoms. The fraction of sp³-hybridized carbons (Fsp3) is 0.136. The molecule has 2 N–H and O–H groups in total. The van der Waals surface area contributed by atoms with E-state index in [4.69, 9.17) is 10.5 Å². The number of anilines is 1. The van der Waals surface area contributed by atoms with E-state index < -0.39 is 22.8 Å². The molecule has 2 aromatic heterocycles. The van der Waals surface area contributed by atoms with Crippen LogP contribution in [0.15, 0.2) is 58.6 Å². The Hall–Kier alpha value is -3.46. The predicted molar refractivity (Wildman–Crippen MR) is 117 cm³/mol. The highest BCUT2D eigenvalue weighted by Crippen LogP contribution is 2.29. The van der Waals surface area contributed by atoms with Crippen molar-refractivity contribution in [3.8, 4) is 16.9 Å². The van der Waals surface area contributed by atoms with Crippen LogP contribution in [0, 0.1) is 11.6 Å². The molecule has 6 nitrogen and oxygen atoms in total. The van der Waals surface area contributed by atoms with Crippen molar-refractivity contribution in [2.24, 2.45) is 0 Å². The van der Waals surface area contributed by atoms with E-state index in [1.165, 1.54) is 28.6 Å². The SMILES string of the molecule is COc1ccc(Cn2c(=O)c(-c3c(F)ccc(N)c3F)cc3cnc(SC)nc32)cc1. The number of rotatable bonds is 5. The molecule has 9 heteroatoms.